The van der Waals surface area contributed by atoms with Crippen LogP contribution in [0.3, 0.4) is 0 Å². The molecule has 0 fully saturated rings. The predicted molar refractivity (Wildman–Crippen MR) is 143 cm³/mol. The second kappa shape index (κ2) is 12.6. The van der Waals surface area contributed by atoms with Crippen LogP contribution in [0.1, 0.15) is 61.0 Å². The molecule has 1 aliphatic heterocycles. The Labute approximate surface area is 226 Å². The van der Waals surface area contributed by atoms with Gasteiger partial charge in [0, 0.05) is 12.0 Å². The minimum Gasteiger partial charge on any atom is -0.480 e. The first-order valence-corrected chi connectivity index (χ1v) is 14.5. The van der Waals surface area contributed by atoms with Gasteiger partial charge in [-0.2, -0.15) is 8.78 Å². The van der Waals surface area contributed by atoms with Gasteiger partial charge in [-0.3, -0.25) is 4.79 Å². The van der Waals surface area contributed by atoms with Crippen molar-refractivity contribution in [2.75, 3.05) is 6.61 Å². The number of carbonyl (C=O) groups excluding carboxylic acids is 1. The Morgan fingerprint density at radius 2 is 1.82 bits per heavy atom. The van der Waals surface area contributed by atoms with Crippen molar-refractivity contribution in [1.82, 2.24) is 0 Å². The zero-order chi connectivity index (χ0) is 28.0. The lowest BCUT2D eigenvalue weighted by Crippen LogP contribution is -2.18. The fraction of sp³-hybridized carbons (Fsp3) is 0.345. The van der Waals surface area contributed by atoms with Crippen LogP contribution in [0.2, 0.25) is 0 Å². The van der Waals surface area contributed by atoms with E-state index in [1.54, 1.807) is 37.3 Å². The molecular formula is C29H31F2NO6S. The van der Waals surface area contributed by atoms with Crippen LogP contribution in [-0.2, 0) is 31.7 Å². The van der Waals surface area contributed by atoms with Gasteiger partial charge in [0.1, 0.15) is 17.6 Å². The maximum atomic E-state index is 13.2. The Kier molecular flexibility index (Phi) is 9.19. The highest BCUT2D eigenvalue weighted by Gasteiger charge is 2.31. The number of nitrogens with two attached hydrogens (primary N) is 1. The van der Waals surface area contributed by atoms with Gasteiger partial charge in [-0.25, -0.2) is 13.6 Å². The number of ether oxygens (including phenoxy) is 3. The van der Waals surface area contributed by atoms with E-state index in [2.05, 4.69) is 0 Å². The molecule has 0 saturated carbocycles. The average molecular weight is 560 g/mol. The van der Waals surface area contributed by atoms with Gasteiger partial charge in [-0.05, 0) is 60.6 Å². The zero-order valence-electron chi connectivity index (χ0n) is 21.6. The van der Waals surface area contributed by atoms with Crippen molar-refractivity contribution in [3.8, 4) is 22.6 Å². The highest BCUT2D eigenvalue weighted by Crippen LogP contribution is 2.49. The third kappa shape index (κ3) is 7.54. The zero-order valence-corrected chi connectivity index (χ0v) is 22.4. The molecule has 208 valence electrons. The lowest BCUT2D eigenvalue weighted by molar-refractivity contribution is -0.143. The summed E-state index contributed by atoms with van der Waals surface area (Å²) in [4.78, 5) is 11.5. The van der Waals surface area contributed by atoms with Gasteiger partial charge in [-0.1, -0.05) is 55.0 Å². The molecule has 10 heteroatoms. The molecule has 0 spiro atoms. The molecule has 2 N–H and O–H groups in total. The van der Waals surface area contributed by atoms with Crippen molar-refractivity contribution >= 4 is 16.0 Å². The number of benzene rings is 3. The van der Waals surface area contributed by atoms with Gasteiger partial charge >= 0.3 is 12.6 Å². The molecule has 1 aliphatic rings. The summed E-state index contributed by atoms with van der Waals surface area (Å²) < 4.78 is 65.9. The van der Waals surface area contributed by atoms with Crippen LogP contribution in [0.15, 0.2) is 60.7 Å². The molecule has 1 atom stereocenters. The first-order chi connectivity index (χ1) is 18.6. The molecule has 0 bridgehead atoms. The molecule has 0 aromatic heterocycles. The Hall–Kier alpha value is -3.50. The molecule has 3 aromatic carbocycles. The first kappa shape index (κ1) is 28.5. The first-order valence-electron chi connectivity index (χ1n) is 12.8. The van der Waals surface area contributed by atoms with Gasteiger partial charge in [0.2, 0.25) is 10.0 Å². The molecule has 1 unspecified atom stereocenters. The van der Waals surface area contributed by atoms with Gasteiger partial charge in [0.25, 0.3) is 0 Å². The van der Waals surface area contributed by atoms with E-state index in [1.165, 1.54) is 6.07 Å². The van der Waals surface area contributed by atoms with E-state index in [0.29, 0.717) is 41.0 Å². The minimum absolute atomic E-state index is 0.0297. The Morgan fingerprint density at radius 3 is 2.56 bits per heavy atom. The number of aryl methyl sites for hydroxylation is 1. The van der Waals surface area contributed by atoms with Crippen LogP contribution in [0.4, 0.5) is 8.78 Å². The minimum atomic E-state index is -3.79. The van der Waals surface area contributed by atoms with Gasteiger partial charge in [-0.15, -0.1) is 0 Å². The summed E-state index contributed by atoms with van der Waals surface area (Å²) in [6, 6.07) is 17.6. The molecule has 0 saturated heterocycles. The van der Waals surface area contributed by atoms with Crippen molar-refractivity contribution < 1.29 is 36.2 Å². The number of rotatable bonds is 12. The number of unbranched alkanes of at least 4 members (excludes halogenated alkanes) is 2. The van der Waals surface area contributed by atoms with Crippen molar-refractivity contribution in [3.05, 3.63) is 82.9 Å². The molecule has 0 radical (unpaired) electrons. The van der Waals surface area contributed by atoms with Crippen molar-refractivity contribution in [2.45, 2.75) is 57.5 Å². The fourth-order valence-electron chi connectivity index (χ4n) is 4.81. The van der Waals surface area contributed by atoms with E-state index in [1.807, 2.05) is 24.3 Å². The summed E-state index contributed by atoms with van der Waals surface area (Å²) in [6.07, 6.45) is 3.11. The Morgan fingerprint density at radius 1 is 1.03 bits per heavy atom. The van der Waals surface area contributed by atoms with Crippen LogP contribution in [0.25, 0.3) is 11.1 Å². The summed E-state index contributed by atoms with van der Waals surface area (Å²) in [5.41, 5.74) is 3.98. The average Bonchev–Trinajstić information content (AvgIpc) is 2.87. The Balaban J connectivity index is 1.63. The van der Waals surface area contributed by atoms with Crippen molar-refractivity contribution in [2.24, 2.45) is 5.14 Å². The highest BCUT2D eigenvalue weighted by molar-refractivity contribution is 7.88. The van der Waals surface area contributed by atoms with Crippen molar-refractivity contribution in [1.29, 1.82) is 0 Å². The SMILES string of the molecule is CCOC(=O)CCCCCc1cccc(C2Oc3cccc(OC(F)F)c3-c3ccc(CS(N)(=O)=O)cc32)c1. The number of halogens is 2. The number of primary sulfonamides is 1. The van der Waals surface area contributed by atoms with Crippen LogP contribution in [-0.4, -0.2) is 27.6 Å². The lowest BCUT2D eigenvalue weighted by Gasteiger charge is -2.31. The van der Waals surface area contributed by atoms with E-state index in [0.717, 1.165) is 36.8 Å². The number of sulfonamides is 1. The predicted octanol–water partition coefficient (Wildman–Crippen LogP) is 5.89. The van der Waals surface area contributed by atoms with Crippen LogP contribution < -0.4 is 14.6 Å². The highest BCUT2D eigenvalue weighted by atomic mass is 32.2. The molecule has 7 nitrogen and oxygen atoms in total. The molecule has 39 heavy (non-hydrogen) atoms. The summed E-state index contributed by atoms with van der Waals surface area (Å²) >= 11 is 0. The van der Waals surface area contributed by atoms with Gasteiger partial charge in [0.05, 0.1) is 17.9 Å². The number of hydrogen-bond acceptors (Lipinski definition) is 6. The van der Waals surface area contributed by atoms with Gasteiger partial charge < -0.3 is 14.2 Å². The molecule has 0 aliphatic carbocycles. The van der Waals surface area contributed by atoms with E-state index < -0.39 is 22.7 Å². The molecule has 3 aromatic rings. The number of hydrogen-bond donors (Lipinski definition) is 1. The maximum Gasteiger partial charge on any atom is 0.387 e. The normalized spacial score (nSPS) is 14.3. The van der Waals surface area contributed by atoms with E-state index in [4.69, 9.17) is 19.3 Å². The summed E-state index contributed by atoms with van der Waals surface area (Å²) in [5, 5.41) is 5.28. The second-order valence-electron chi connectivity index (χ2n) is 9.35. The summed E-state index contributed by atoms with van der Waals surface area (Å²) in [7, 11) is -3.79. The van der Waals surface area contributed by atoms with Gasteiger partial charge in [0.15, 0.2) is 0 Å². The maximum absolute atomic E-state index is 13.2. The van der Waals surface area contributed by atoms with E-state index >= 15 is 0 Å². The largest absolute Gasteiger partial charge is 0.480 e. The lowest BCUT2D eigenvalue weighted by atomic mass is 9.87. The van der Waals surface area contributed by atoms with Crippen LogP contribution in [0.5, 0.6) is 11.5 Å². The molecule has 1 heterocycles. The second-order valence-corrected chi connectivity index (χ2v) is 11.0. The standard InChI is InChI=1S/C29H31F2NO6S/c1-2-36-26(33)13-5-3-4-8-19-9-6-10-21(16-19)28-23-17-20(18-39(32,34)35)14-15-22(23)27-24(37-28)11-7-12-25(27)38-29(30)31/h6-7,9-12,14-17,28-29H,2-5,8,13,18H2,1H3,(H2,32,34,35). The number of esters is 1. The topological polar surface area (TPSA) is 105 Å². The number of carbonyl (C=O) groups is 1. The quantitative estimate of drug-likeness (QED) is 0.219. The molecular weight excluding hydrogens is 528 g/mol. The summed E-state index contributed by atoms with van der Waals surface area (Å²) in [5.74, 6) is -0.204. The van der Waals surface area contributed by atoms with E-state index in [9.17, 15) is 22.0 Å². The fourth-order valence-corrected chi connectivity index (χ4v) is 5.45. The molecule has 4 rings (SSSR count). The summed E-state index contributed by atoms with van der Waals surface area (Å²) in [6.45, 7) is -0.852. The Bertz CT molecular complexity index is 1430. The van der Waals surface area contributed by atoms with Crippen LogP contribution in [0, 0.1) is 0 Å². The number of fused-ring (bicyclic) bond motifs is 3. The van der Waals surface area contributed by atoms with E-state index in [-0.39, 0.29) is 17.5 Å². The van der Waals surface area contributed by atoms with Crippen LogP contribution >= 0.6 is 0 Å². The molecule has 0 amide bonds. The third-order valence-corrected chi connectivity index (χ3v) is 7.13. The van der Waals surface area contributed by atoms with Crippen molar-refractivity contribution in [3.63, 3.8) is 0 Å². The number of alkyl halides is 2. The smallest absolute Gasteiger partial charge is 0.387 e. The monoisotopic (exact) mass is 559 g/mol. The third-order valence-electron chi connectivity index (χ3n) is 6.39.